The van der Waals surface area contributed by atoms with Crippen LogP contribution in [-0.2, 0) is 11.8 Å². The maximum atomic E-state index is 12.1. The second-order valence-corrected chi connectivity index (χ2v) is 7.38. The number of carbonyl (C=O) groups is 1. The number of rotatable bonds is 6. The summed E-state index contributed by atoms with van der Waals surface area (Å²) in [4.78, 5) is 14.3. The number of anilines is 1. The Morgan fingerprint density at radius 3 is 2.95 bits per heavy atom. The summed E-state index contributed by atoms with van der Waals surface area (Å²) in [6, 6.07) is 2.43. The first-order valence-electron chi connectivity index (χ1n) is 7.62. The molecule has 2 rings (SSSR count). The Kier molecular flexibility index (Phi) is 5.70. The molecule has 1 heterocycles. The molecule has 1 aliphatic carbocycles. The number of amides is 1. The highest BCUT2D eigenvalue weighted by molar-refractivity contribution is 7.99. The van der Waals surface area contributed by atoms with E-state index in [1.165, 1.54) is 25.0 Å². The molecule has 1 fully saturated rings. The maximum Gasteiger partial charge on any atom is 0.239 e. The lowest BCUT2D eigenvalue weighted by atomic mass is 10.2. The molecule has 6 heteroatoms. The highest BCUT2D eigenvalue weighted by atomic mass is 32.2. The van der Waals surface area contributed by atoms with Crippen LogP contribution < -0.4 is 5.32 Å². The second-order valence-electron chi connectivity index (χ2n) is 5.80. The van der Waals surface area contributed by atoms with Crippen LogP contribution >= 0.6 is 11.8 Å². The minimum atomic E-state index is 0.0343. The van der Waals surface area contributed by atoms with Gasteiger partial charge in [0.2, 0.25) is 5.91 Å². The number of nitrogens with zero attached hydrogens (tertiary/aromatic N) is 3. The van der Waals surface area contributed by atoms with Gasteiger partial charge in [-0.2, -0.15) is 16.9 Å². The van der Waals surface area contributed by atoms with Crippen molar-refractivity contribution in [2.75, 3.05) is 24.7 Å². The van der Waals surface area contributed by atoms with Gasteiger partial charge in [-0.1, -0.05) is 6.92 Å². The van der Waals surface area contributed by atoms with Crippen molar-refractivity contribution < 1.29 is 4.79 Å². The van der Waals surface area contributed by atoms with Gasteiger partial charge in [0.25, 0.3) is 0 Å². The average molecular weight is 310 g/mol. The molecule has 1 N–H and O–H groups in total. The molecule has 1 amide bonds. The van der Waals surface area contributed by atoms with Crippen LogP contribution in [0.15, 0.2) is 6.07 Å². The number of thioether (sulfide) groups is 1. The molecule has 1 aromatic heterocycles. The summed E-state index contributed by atoms with van der Waals surface area (Å²) in [5, 5.41) is 7.94. The monoisotopic (exact) mass is 310 g/mol. The Hall–Kier alpha value is -1.01. The average Bonchev–Trinajstić information content (AvgIpc) is 2.97. The number of likely N-dealkylation sites (N-methyl/N-ethyl adjacent to an activating group) is 1. The summed E-state index contributed by atoms with van der Waals surface area (Å²) < 4.78 is 1.71. The fourth-order valence-electron chi connectivity index (χ4n) is 2.97. The third-order valence-corrected chi connectivity index (χ3v) is 5.28. The molecule has 0 aliphatic heterocycles. The van der Waals surface area contributed by atoms with E-state index in [4.69, 9.17) is 0 Å². The first kappa shape index (κ1) is 16.4. The Morgan fingerprint density at radius 2 is 2.33 bits per heavy atom. The molecule has 0 spiro atoms. The zero-order chi connectivity index (χ0) is 15.4. The zero-order valence-corrected chi connectivity index (χ0v) is 14.2. The van der Waals surface area contributed by atoms with E-state index in [0.29, 0.717) is 12.6 Å². The summed E-state index contributed by atoms with van der Waals surface area (Å²) in [5.74, 6) is 1.98. The van der Waals surface area contributed by atoms with Crippen LogP contribution in [0.1, 0.15) is 31.9 Å². The van der Waals surface area contributed by atoms with E-state index < -0.39 is 0 Å². The summed E-state index contributed by atoms with van der Waals surface area (Å²) in [6.45, 7) is 4.58. The van der Waals surface area contributed by atoms with Crippen LogP contribution in [0.5, 0.6) is 0 Å². The van der Waals surface area contributed by atoms with Gasteiger partial charge in [-0.3, -0.25) is 14.4 Å². The van der Waals surface area contributed by atoms with Gasteiger partial charge >= 0.3 is 0 Å². The summed E-state index contributed by atoms with van der Waals surface area (Å²) in [5.41, 5.74) is 0.913. The van der Waals surface area contributed by atoms with Crippen molar-refractivity contribution >= 4 is 23.5 Å². The van der Waals surface area contributed by atoms with Crippen LogP contribution in [0.2, 0.25) is 0 Å². The largest absolute Gasteiger partial charge is 0.310 e. The smallest absolute Gasteiger partial charge is 0.239 e. The van der Waals surface area contributed by atoms with Crippen molar-refractivity contribution in [3.8, 4) is 0 Å². The highest BCUT2D eigenvalue weighted by Gasteiger charge is 2.28. The van der Waals surface area contributed by atoms with E-state index in [9.17, 15) is 4.79 Å². The topological polar surface area (TPSA) is 50.2 Å². The fraction of sp³-hybridized carbons (Fsp3) is 0.733. The van der Waals surface area contributed by atoms with Gasteiger partial charge in [0.1, 0.15) is 5.82 Å². The van der Waals surface area contributed by atoms with E-state index in [2.05, 4.69) is 29.3 Å². The van der Waals surface area contributed by atoms with Crippen molar-refractivity contribution in [3.05, 3.63) is 11.8 Å². The van der Waals surface area contributed by atoms with Gasteiger partial charge in [0, 0.05) is 24.4 Å². The van der Waals surface area contributed by atoms with E-state index in [0.717, 1.165) is 16.8 Å². The Bertz CT molecular complexity index is 488. The molecule has 0 unspecified atom stereocenters. The van der Waals surface area contributed by atoms with Crippen molar-refractivity contribution in [3.63, 3.8) is 0 Å². The van der Waals surface area contributed by atoms with Crippen LogP contribution in [0, 0.1) is 6.92 Å². The van der Waals surface area contributed by atoms with Gasteiger partial charge in [-0.25, -0.2) is 0 Å². The number of aromatic nitrogens is 2. The number of hydrogen-bond acceptors (Lipinski definition) is 4. The van der Waals surface area contributed by atoms with Crippen LogP contribution in [0.25, 0.3) is 0 Å². The van der Waals surface area contributed by atoms with Gasteiger partial charge in [0.05, 0.1) is 12.2 Å². The summed E-state index contributed by atoms with van der Waals surface area (Å²) >= 11 is 2.05. The number of hydrogen-bond donors (Lipinski definition) is 1. The molecule has 5 nitrogen and oxygen atoms in total. The van der Waals surface area contributed by atoms with Gasteiger partial charge < -0.3 is 5.32 Å². The van der Waals surface area contributed by atoms with E-state index >= 15 is 0 Å². The zero-order valence-electron chi connectivity index (χ0n) is 13.4. The third kappa shape index (κ3) is 4.48. The maximum absolute atomic E-state index is 12.1. The molecule has 1 saturated carbocycles. The fourth-order valence-corrected chi connectivity index (χ4v) is 4.10. The third-order valence-electron chi connectivity index (χ3n) is 4.05. The van der Waals surface area contributed by atoms with Crippen molar-refractivity contribution in [2.24, 2.45) is 7.05 Å². The molecule has 0 saturated heterocycles. The normalized spacial score (nSPS) is 22.0. The Labute approximate surface area is 131 Å². The lowest BCUT2D eigenvalue weighted by molar-refractivity contribution is -0.117. The molecule has 21 heavy (non-hydrogen) atoms. The van der Waals surface area contributed by atoms with E-state index in [1.54, 1.807) is 4.68 Å². The molecule has 1 aromatic rings. The Morgan fingerprint density at radius 1 is 1.57 bits per heavy atom. The molecule has 1 aliphatic rings. The number of aryl methyl sites for hydroxylation is 2. The van der Waals surface area contributed by atoms with Crippen molar-refractivity contribution in [1.29, 1.82) is 0 Å². The minimum absolute atomic E-state index is 0.0343. The number of nitrogens with one attached hydrogen (secondary N) is 1. The van der Waals surface area contributed by atoms with Crippen LogP contribution in [0.4, 0.5) is 5.82 Å². The molecular weight excluding hydrogens is 284 g/mol. The quantitative estimate of drug-likeness (QED) is 0.876. The van der Waals surface area contributed by atoms with Gasteiger partial charge in [-0.05, 0) is 39.0 Å². The SMILES string of the molecule is CCS[C@H]1CC[C@H](N(C)CC(=O)Nc2cc(C)nn2C)C1. The molecular formula is C15H26N4OS. The lowest BCUT2D eigenvalue weighted by Gasteiger charge is -2.23. The van der Waals surface area contributed by atoms with Crippen LogP contribution in [-0.4, -0.2) is 51.2 Å². The predicted octanol–water partition coefficient (Wildman–Crippen LogP) is 2.27. The molecule has 0 aromatic carbocycles. The van der Waals surface area contributed by atoms with Crippen molar-refractivity contribution in [2.45, 2.75) is 44.4 Å². The second kappa shape index (κ2) is 7.31. The van der Waals surface area contributed by atoms with E-state index in [-0.39, 0.29) is 5.91 Å². The Balaban J connectivity index is 1.81. The first-order valence-corrected chi connectivity index (χ1v) is 8.66. The van der Waals surface area contributed by atoms with Gasteiger partial charge in [0.15, 0.2) is 0 Å². The molecule has 118 valence electrons. The molecule has 0 radical (unpaired) electrons. The predicted molar refractivity (Wildman–Crippen MR) is 88.8 cm³/mol. The number of carbonyl (C=O) groups excluding carboxylic acids is 1. The summed E-state index contributed by atoms with van der Waals surface area (Å²) in [6.07, 6.45) is 3.68. The van der Waals surface area contributed by atoms with Gasteiger partial charge in [-0.15, -0.1) is 0 Å². The minimum Gasteiger partial charge on any atom is -0.310 e. The lowest BCUT2D eigenvalue weighted by Crippen LogP contribution is -2.37. The standard InChI is InChI=1S/C15H26N4OS/c1-5-21-13-7-6-12(9-13)18(3)10-15(20)16-14-8-11(2)17-19(14)4/h8,12-13H,5-7,9-10H2,1-4H3,(H,16,20)/t12-,13-/m0/s1. The van der Waals surface area contributed by atoms with Crippen LogP contribution in [0.3, 0.4) is 0 Å². The first-order chi connectivity index (χ1) is 9.99. The molecule has 2 atom stereocenters. The van der Waals surface area contributed by atoms with Crippen molar-refractivity contribution in [1.82, 2.24) is 14.7 Å². The highest BCUT2D eigenvalue weighted by Crippen LogP contribution is 2.32. The molecule has 0 bridgehead atoms. The van der Waals surface area contributed by atoms with E-state index in [1.807, 2.05) is 31.8 Å². The summed E-state index contributed by atoms with van der Waals surface area (Å²) in [7, 11) is 3.90.